The molecule has 3 aliphatic heterocycles. The van der Waals surface area contributed by atoms with E-state index < -0.39 is 28.6 Å². The summed E-state index contributed by atoms with van der Waals surface area (Å²) in [5.41, 5.74) is 3.44. The Morgan fingerprint density at radius 1 is 1.04 bits per heavy atom. The van der Waals surface area contributed by atoms with Gasteiger partial charge in [0.1, 0.15) is 29.4 Å². The molecule has 1 aliphatic carbocycles. The van der Waals surface area contributed by atoms with E-state index in [1.54, 1.807) is 11.0 Å². The molecule has 0 bridgehead atoms. The molecule has 1 spiro atoms. The van der Waals surface area contributed by atoms with Crippen LogP contribution in [0.4, 0.5) is 8.78 Å². The van der Waals surface area contributed by atoms with Crippen molar-refractivity contribution in [2.24, 2.45) is 13.0 Å². The minimum absolute atomic E-state index is 0.0451. The van der Waals surface area contributed by atoms with E-state index in [1.165, 1.54) is 12.1 Å². The third kappa shape index (κ3) is 5.65. The van der Waals surface area contributed by atoms with Gasteiger partial charge < -0.3 is 19.3 Å². The van der Waals surface area contributed by atoms with Crippen LogP contribution in [0.15, 0.2) is 30.6 Å². The van der Waals surface area contributed by atoms with Crippen LogP contribution >= 0.6 is 0 Å². The van der Waals surface area contributed by atoms with Crippen LogP contribution in [-0.4, -0.2) is 80.9 Å². The van der Waals surface area contributed by atoms with Crippen molar-refractivity contribution in [2.45, 2.75) is 101 Å². The maximum absolute atomic E-state index is 15.3. The summed E-state index contributed by atoms with van der Waals surface area (Å²) in [4.78, 5) is 28.5. The highest BCUT2D eigenvalue weighted by Gasteiger charge is 2.55. The number of ether oxygens (including phenoxy) is 2. The van der Waals surface area contributed by atoms with Crippen LogP contribution in [0.1, 0.15) is 98.3 Å². The molecule has 9 nitrogen and oxygen atoms in total. The van der Waals surface area contributed by atoms with Crippen molar-refractivity contribution in [1.29, 1.82) is 0 Å². The van der Waals surface area contributed by atoms with Gasteiger partial charge in [-0.1, -0.05) is 6.07 Å². The van der Waals surface area contributed by atoms with E-state index in [1.807, 2.05) is 18.9 Å². The molecule has 4 atom stereocenters. The Kier molecular flexibility index (Phi) is 8.69. The number of pyridine rings is 1. The third-order valence-corrected chi connectivity index (χ3v) is 11.9. The van der Waals surface area contributed by atoms with E-state index in [4.69, 9.17) is 14.5 Å². The molecule has 11 heteroatoms. The fourth-order valence-corrected chi connectivity index (χ4v) is 9.00. The second-order valence-electron chi connectivity index (χ2n) is 15.1. The summed E-state index contributed by atoms with van der Waals surface area (Å²) in [6.07, 6.45) is 5.70. The number of fused-ring (bicyclic) bond motifs is 2. The van der Waals surface area contributed by atoms with Crippen LogP contribution in [0.25, 0.3) is 0 Å². The number of benzene rings is 1. The number of nitrogens with zero attached hydrogens (tertiary/aromatic N) is 6. The number of rotatable bonds is 6. The summed E-state index contributed by atoms with van der Waals surface area (Å²) in [6.45, 7) is 10.9. The van der Waals surface area contributed by atoms with Crippen molar-refractivity contribution in [2.75, 3.05) is 33.4 Å². The highest BCUT2D eigenvalue weighted by molar-refractivity contribution is 5.80. The molecule has 1 amide bonds. The lowest BCUT2D eigenvalue weighted by atomic mass is 9.80. The zero-order valence-electron chi connectivity index (χ0n) is 29.0. The maximum atomic E-state index is 15.3. The average molecular weight is 663 g/mol. The molecular weight excluding hydrogens is 614 g/mol. The molecule has 2 aromatic heterocycles. The Bertz CT molecular complexity index is 1680. The van der Waals surface area contributed by atoms with Gasteiger partial charge in [-0.2, -0.15) is 5.10 Å². The van der Waals surface area contributed by atoms with E-state index in [2.05, 4.69) is 48.9 Å². The summed E-state index contributed by atoms with van der Waals surface area (Å²) < 4.78 is 43.8. The number of halogens is 2. The number of aryl methyl sites for hydroxylation is 3. The van der Waals surface area contributed by atoms with Gasteiger partial charge in [-0.15, -0.1) is 0 Å². The maximum Gasteiger partial charge on any atom is 0.226 e. The second-order valence-corrected chi connectivity index (χ2v) is 15.1. The van der Waals surface area contributed by atoms with Crippen molar-refractivity contribution in [1.82, 2.24) is 29.5 Å². The predicted molar refractivity (Wildman–Crippen MR) is 176 cm³/mol. The van der Waals surface area contributed by atoms with Crippen molar-refractivity contribution in [3.63, 3.8) is 0 Å². The minimum atomic E-state index is -0.630. The summed E-state index contributed by atoms with van der Waals surface area (Å²) in [5, 5.41) is 4.33. The number of aromatic nitrogens is 4. The molecule has 0 radical (unpaired) electrons. The highest BCUT2D eigenvalue weighted by atomic mass is 19.1. The first-order valence-corrected chi connectivity index (χ1v) is 17.4. The van der Waals surface area contributed by atoms with Crippen molar-refractivity contribution in [3.05, 3.63) is 76.1 Å². The van der Waals surface area contributed by atoms with Gasteiger partial charge in [-0.3, -0.25) is 14.5 Å². The van der Waals surface area contributed by atoms with E-state index in [0.717, 1.165) is 60.5 Å². The van der Waals surface area contributed by atoms with Gasteiger partial charge in [0.2, 0.25) is 5.91 Å². The monoisotopic (exact) mass is 662 g/mol. The SMILES string of the molecule is Cc1cc2c(nc1C)C1(CCN(C(=O)[C@@H]3CC(N(C)C4CCOCC4)C[C@H]3c3ccc(F)cc3F)CC1)OC2C(C)(C)c1ncnn1C. The molecule has 4 aliphatic rings. The Labute approximate surface area is 282 Å². The molecular formula is C37H48F2N6O3. The lowest BCUT2D eigenvalue weighted by Gasteiger charge is -2.41. The van der Waals surface area contributed by atoms with Crippen LogP contribution in [0.2, 0.25) is 0 Å². The molecule has 1 saturated carbocycles. The van der Waals surface area contributed by atoms with E-state index in [9.17, 15) is 9.18 Å². The predicted octanol–water partition coefficient (Wildman–Crippen LogP) is 5.65. The van der Waals surface area contributed by atoms with Gasteiger partial charge in [0.15, 0.2) is 0 Å². The standard InChI is InChI=1S/C37H48F2N6O3/c1-22-17-30-32(42-23(22)2)37(48-33(30)36(3,4)35-40-21-41-44(35)6)11-13-45(14-12-37)34(46)29-20-26(43(5)25-9-15-47-16-10-25)19-28(29)27-8-7-24(38)18-31(27)39/h7-8,17-18,21,25-26,28-29,33H,9-16,19-20H2,1-6H3/t26?,28-,29+,33?/m0/s1. The van der Waals surface area contributed by atoms with Crippen molar-refractivity contribution in [3.8, 4) is 0 Å². The average Bonchev–Trinajstić information content (AvgIpc) is 3.79. The van der Waals surface area contributed by atoms with E-state index >= 15 is 4.39 Å². The molecule has 3 aromatic rings. The fourth-order valence-electron chi connectivity index (χ4n) is 9.00. The lowest BCUT2D eigenvalue weighted by Crippen LogP contribution is -2.48. The van der Waals surface area contributed by atoms with Gasteiger partial charge in [0.05, 0.1) is 17.2 Å². The topological polar surface area (TPSA) is 85.6 Å². The largest absolute Gasteiger partial charge is 0.381 e. The zero-order chi connectivity index (χ0) is 34.0. The molecule has 3 fully saturated rings. The Hall–Kier alpha value is -3.28. The number of likely N-dealkylation sites (tertiary alicyclic amines) is 1. The number of hydrogen-bond acceptors (Lipinski definition) is 7. The van der Waals surface area contributed by atoms with Crippen LogP contribution in [0.3, 0.4) is 0 Å². The summed E-state index contributed by atoms with van der Waals surface area (Å²) in [7, 11) is 4.03. The Morgan fingerprint density at radius 3 is 2.44 bits per heavy atom. The van der Waals surface area contributed by atoms with Gasteiger partial charge in [-0.05, 0) is 102 Å². The molecule has 0 N–H and O–H groups in total. The molecule has 2 saturated heterocycles. The lowest BCUT2D eigenvalue weighted by molar-refractivity contribution is -0.152. The smallest absolute Gasteiger partial charge is 0.226 e. The fraction of sp³-hybridized carbons (Fsp3) is 0.622. The molecule has 1 aromatic carbocycles. The number of amides is 1. The summed E-state index contributed by atoms with van der Waals surface area (Å²) in [6, 6.07) is 6.49. The van der Waals surface area contributed by atoms with Gasteiger partial charge >= 0.3 is 0 Å². The number of hydrogen-bond donors (Lipinski definition) is 0. The minimum Gasteiger partial charge on any atom is -0.381 e. The first kappa shape index (κ1) is 33.2. The van der Waals surface area contributed by atoms with Crippen molar-refractivity contribution < 1.29 is 23.0 Å². The quantitative estimate of drug-likeness (QED) is 0.338. The number of carbonyl (C=O) groups excluding carboxylic acids is 1. The number of piperidine rings is 1. The summed E-state index contributed by atoms with van der Waals surface area (Å²) in [5.74, 6) is -1.02. The van der Waals surface area contributed by atoms with Gasteiger partial charge in [-0.25, -0.2) is 13.8 Å². The first-order valence-electron chi connectivity index (χ1n) is 17.4. The van der Waals surface area contributed by atoms with Crippen LogP contribution < -0.4 is 0 Å². The van der Waals surface area contributed by atoms with Crippen LogP contribution in [-0.2, 0) is 32.3 Å². The normalized spacial score (nSPS) is 26.1. The van der Waals surface area contributed by atoms with Crippen LogP contribution in [0, 0.1) is 31.4 Å². The van der Waals surface area contributed by atoms with Crippen molar-refractivity contribution >= 4 is 5.91 Å². The van der Waals surface area contributed by atoms with E-state index in [-0.39, 0.29) is 24.0 Å². The highest BCUT2D eigenvalue weighted by Crippen LogP contribution is 2.55. The molecule has 7 rings (SSSR count). The molecule has 2 unspecified atom stereocenters. The van der Waals surface area contributed by atoms with E-state index in [0.29, 0.717) is 50.4 Å². The Morgan fingerprint density at radius 2 is 1.77 bits per heavy atom. The Balaban J connectivity index is 1.14. The first-order chi connectivity index (χ1) is 22.9. The molecule has 258 valence electrons. The zero-order valence-corrected chi connectivity index (χ0v) is 29.0. The molecule has 5 heterocycles. The molecule has 48 heavy (non-hydrogen) atoms. The second kappa shape index (κ2) is 12.6. The third-order valence-electron chi connectivity index (χ3n) is 11.9. The number of carbonyl (C=O) groups is 1. The summed E-state index contributed by atoms with van der Waals surface area (Å²) >= 11 is 0. The van der Waals surface area contributed by atoms with Crippen LogP contribution in [0.5, 0.6) is 0 Å². The van der Waals surface area contributed by atoms with Gasteiger partial charge in [0.25, 0.3) is 0 Å². The van der Waals surface area contributed by atoms with Gasteiger partial charge in [0, 0.05) is 68.7 Å².